The van der Waals surface area contributed by atoms with Gasteiger partial charge in [0, 0.05) is 36.0 Å². The quantitative estimate of drug-likeness (QED) is 0.112. The van der Waals surface area contributed by atoms with Crippen molar-refractivity contribution in [1.29, 1.82) is 5.26 Å². The summed E-state index contributed by atoms with van der Waals surface area (Å²) < 4.78 is 12.1. The van der Waals surface area contributed by atoms with Crippen LogP contribution < -0.4 is 9.64 Å². The molecule has 230 valence electrons. The molecule has 0 amide bonds. The zero-order valence-corrected chi connectivity index (χ0v) is 27.1. The summed E-state index contributed by atoms with van der Waals surface area (Å²) in [5, 5.41) is 9.56. The highest BCUT2D eigenvalue weighted by atomic mass is 16.5. The molecular weight excluding hydrogens is 554 g/mol. The van der Waals surface area contributed by atoms with Crippen molar-refractivity contribution in [2.75, 3.05) is 25.1 Å². The average Bonchev–Trinajstić information content (AvgIpc) is 3.39. The van der Waals surface area contributed by atoms with Crippen molar-refractivity contribution in [3.05, 3.63) is 135 Å². The molecule has 0 aromatic heterocycles. The monoisotopic (exact) mass is 597 g/mol. The number of allylic oxidation sites excluding steroid dienone is 1. The zero-order chi connectivity index (χ0) is 32.2. The Hall–Kier alpha value is -5.00. The molecule has 1 aliphatic rings. The van der Waals surface area contributed by atoms with Crippen LogP contribution in [0.3, 0.4) is 0 Å². The minimum Gasteiger partial charge on any atom is -0.496 e. The summed E-state index contributed by atoms with van der Waals surface area (Å²) in [6, 6.07) is 26.7. The number of nitriles is 1. The maximum Gasteiger partial charge on any atom is 0.236 e. The summed E-state index contributed by atoms with van der Waals surface area (Å²) in [7, 11) is 1.73. The number of methoxy groups -OCH3 is 1. The maximum atomic E-state index is 9.56. The SMILES string of the molecule is [C-]#[N+]C1=C(/C=C/c2ccc(/C=C/c3ccc(N(CCCC)CCCC)cc3OC)cc2)C(C)(c2ccccc2)O/C1=C(\C)C#N. The van der Waals surface area contributed by atoms with Crippen LogP contribution in [0.2, 0.25) is 0 Å². The average molecular weight is 598 g/mol. The summed E-state index contributed by atoms with van der Waals surface area (Å²) in [5.74, 6) is 1.21. The van der Waals surface area contributed by atoms with Crippen molar-refractivity contribution in [3.8, 4) is 11.8 Å². The van der Waals surface area contributed by atoms with Crippen LogP contribution in [-0.2, 0) is 10.3 Å². The molecule has 0 radical (unpaired) electrons. The number of nitrogens with zero attached hydrogens (tertiary/aromatic N) is 3. The first-order valence-corrected chi connectivity index (χ1v) is 15.8. The first kappa shape index (κ1) is 32.9. The standard InChI is InChI=1S/C40H43N3O2/c1-7-9-26-43(27-10-8-2)35-24-23-33(37(28-35)44-6)22-20-31-16-18-32(19-17-31)21-25-36-38(42-5)39(30(3)29-41)45-40(36,4)34-14-12-11-13-15-34/h11-25,28H,7-10,26-27H2,1-4,6H3/b22-20+,25-21+,39-30+. The van der Waals surface area contributed by atoms with E-state index in [1.807, 2.05) is 49.4 Å². The van der Waals surface area contributed by atoms with Gasteiger partial charge in [0.1, 0.15) is 17.1 Å². The lowest BCUT2D eigenvalue weighted by Gasteiger charge is -2.28. The number of benzene rings is 3. The van der Waals surface area contributed by atoms with E-state index in [0.29, 0.717) is 17.0 Å². The second-order valence-electron chi connectivity index (χ2n) is 11.4. The summed E-state index contributed by atoms with van der Waals surface area (Å²) in [5.41, 5.74) is 5.84. The third-order valence-corrected chi connectivity index (χ3v) is 8.21. The molecule has 0 spiro atoms. The van der Waals surface area contributed by atoms with Crippen LogP contribution in [-0.4, -0.2) is 20.2 Å². The van der Waals surface area contributed by atoms with Gasteiger partial charge in [0.25, 0.3) is 0 Å². The number of rotatable bonds is 13. The van der Waals surface area contributed by atoms with E-state index in [1.165, 1.54) is 31.4 Å². The summed E-state index contributed by atoms with van der Waals surface area (Å²) in [6.07, 6.45) is 12.8. The number of hydrogen-bond acceptors (Lipinski definition) is 4. The van der Waals surface area contributed by atoms with E-state index >= 15 is 0 Å². The van der Waals surface area contributed by atoms with E-state index < -0.39 is 5.60 Å². The molecular formula is C40H43N3O2. The van der Waals surface area contributed by atoms with Gasteiger partial charge >= 0.3 is 0 Å². The van der Waals surface area contributed by atoms with E-state index in [4.69, 9.17) is 16.0 Å². The molecule has 1 atom stereocenters. The first-order chi connectivity index (χ1) is 21.9. The minimum atomic E-state index is -0.884. The molecule has 3 aromatic carbocycles. The van der Waals surface area contributed by atoms with Crippen molar-refractivity contribution in [2.24, 2.45) is 0 Å². The molecule has 0 saturated heterocycles. The fourth-order valence-electron chi connectivity index (χ4n) is 5.47. The van der Waals surface area contributed by atoms with Crippen LogP contribution in [0.4, 0.5) is 5.69 Å². The Balaban J connectivity index is 1.56. The largest absolute Gasteiger partial charge is 0.496 e. The maximum absolute atomic E-state index is 9.56. The highest BCUT2D eigenvalue weighted by Crippen LogP contribution is 2.47. The van der Waals surface area contributed by atoms with E-state index in [9.17, 15) is 5.26 Å². The number of ether oxygens (including phenoxy) is 2. The lowest BCUT2D eigenvalue weighted by Crippen LogP contribution is -2.25. The molecule has 45 heavy (non-hydrogen) atoms. The summed E-state index contributed by atoms with van der Waals surface area (Å²) >= 11 is 0. The summed E-state index contributed by atoms with van der Waals surface area (Å²) in [6.45, 7) is 18.1. The molecule has 0 N–H and O–H groups in total. The molecule has 0 aliphatic carbocycles. The van der Waals surface area contributed by atoms with E-state index in [2.05, 4.69) is 84.3 Å². The molecule has 1 heterocycles. The van der Waals surface area contributed by atoms with Gasteiger partial charge in [-0.05, 0) is 55.5 Å². The van der Waals surface area contributed by atoms with Crippen molar-refractivity contribution in [3.63, 3.8) is 0 Å². The highest BCUT2D eigenvalue weighted by molar-refractivity contribution is 5.75. The van der Waals surface area contributed by atoms with Crippen LogP contribution in [0.5, 0.6) is 5.75 Å². The lowest BCUT2D eigenvalue weighted by atomic mass is 9.87. The van der Waals surface area contributed by atoms with Crippen LogP contribution >= 0.6 is 0 Å². The van der Waals surface area contributed by atoms with Gasteiger partial charge in [-0.1, -0.05) is 106 Å². The van der Waals surface area contributed by atoms with Gasteiger partial charge in [-0.15, -0.1) is 0 Å². The van der Waals surface area contributed by atoms with Crippen LogP contribution in [0, 0.1) is 17.9 Å². The van der Waals surface area contributed by atoms with Gasteiger partial charge in [0.05, 0.1) is 25.3 Å². The Morgan fingerprint density at radius 3 is 2.11 bits per heavy atom. The predicted octanol–water partition coefficient (Wildman–Crippen LogP) is 10.2. The molecule has 0 fully saturated rings. The third kappa shape index (κ3) is 7.75. The Morgan fingerprint density at radius 2 is 1.56 bits per heavy atom. The molecule has 1 aliphatic heterocycles. The third-order valence-electron chi connectivity index (χ3n) is 8.21. The van der Waals surface area contributed by atoms with Gasteiger partial charge in [-0.2, -0.15) is 5.26 Å². The van der Waals surface area contributed by atoms with E-state index in [1.54, 1.807) is 14.0 Å². The fourth-order valence-corrected chi connectivity index (χ4v) is 5.47. The molecule has 5 heteroatoms. The van der Waals surface area contributed by atoms with Crippen LogP contribution in [0.15, 0.2) is 101 Å². The second-order valence-corrected chi connectivity index (χ2v) is 11.4. The normalized spacial score (nSPS) is 17.3. The van der Waals surface area contributed by atoms with E-state index in [-0.39, 0.29) is 0 Å². The van der Waals surface area contributed by atoms with Gasteiger partial charge in [0.2, 0.25) is 5.70 Å². The van der Waals surface area contributed by atoms with Crippen molar-refractivity contribution < 1.29 is 9.47 Å². The molecule has 0 saturated carbocycles. The lowest BCUT2D eigenvalue weighted by molar-refractivity contribution is 0.0750. The molecule has 1 unspecified atom stereocenters. The molecule has 3 aromatic rings. The Kier molecular flexibility index (Phi) is 11.4. The highest BCUT2D eigenvalue weighted by Gasteiger charge is 2.43. The van der Waals surface area contributed by atoms with E-state index in [0.717, 1.165) is 46.7 Å². The zero-order valence-electron chi connectivity index (χ0n) is 27.1. The number of anilines is 1. The number of unbranched alkanes of at least 4 members (excludes halogenated alkanes) is 2. The fraction of sp³-hybridized carbons (Fsp3) is 0.300. The van der Waals surface area contributed by atoms with Crippen LogP contribution in [0.25, 0.3) is 23.1 Å². The van der Waals surface area contributed by atoms with Gasteiger partial charge in [-0.3, -0.25) is 0 Å². The van der Waals surface area contributed by atoms with Gasteiger partial charge < -0.3 is 14.4 Å². The Morgan fingerprint density at radius 1 is 0.933 bits per heavy atom. The first-order valence-electron chi connectivity index (χ1n) is 15.8. The second kappa shape index (κ2) is 15.6. The molecule has 0 bridgehead atoms. The smallest absolute Gasteiger partial charge is 0.236 e. The Labute approximate surface area is 269 Å². The van der Waals surface area contributed by atoms with Crippen molar-refractivity contribution in [1.82, 2.24) is 0 Å². The van der Waals surface area contributed by atoms with Crippen LogP contribution in [0.1, 0.15) is 75.6 Å². The Bertz CT molecular complexity index is 1660. The van der Waals surface area contributed by atoms with Gasteiger partial charge in [-0.25, -0.2) is 4.85 Å². The predicted molar refractivity (Wildman–Crippen MR) is 186 cm³/mol. The molecule has 5 nitrogen and oxygen atoms in total. The van der Waals surface area contributed by atoms with Crippen molar-refractivity contribution >= 4 is 23.9 Å². The van der Waals surface area contributed by atoms with Gasteiger partial charge in [0.15, 0.2) is 0 Å². The number of hydrogen-bond donors (Lipinski definition) is 0. The summed E-state index contributed by atoms with van der Waals surface area (Å²) in [4.78, 5) is 6.26. The minimum absolute atomic E-state index is 0.345. The molecule has 4 rings (SSSR count). The van der Waals surface area contributed by atoms with Crippen molar-refractivity contribution in [2.45, 2.75) is 59.0 Å². The topological polar surface area (TPSA) is 49.9 Å².